The number of nitrogens with zero attached hydrogens (tertiary/aromatic N) is 2. The largest absolute Gasteiger partial charge is 0.659 e. The first-order valence-electron chi connectivity index (χ1n) is 10.8. The number of aliphatic hydroxyl groups is 1. The van der Waals surface area contributed by atoms with Crippen LogP contribution in [0.25, 0.3) is 5.32 Å². The summed E-state index contributed by atoms with van der Waals surface area (Å²) in [5.74, 6) is 1.36. The van der Waals surface area contributed by atoms with E-state index in [-0.39, 0.29) is 26.8 Å². The maximum absolute atomic E-state index is 10.00. The summed E-state index contributed by atoms with van der Waals surface area (Å²) in [6.07, 6.45) is 5.30. The quantitative estimate of drug-likeness (QED) is 0.295. The molecule has 0 bridgehead atoms. The number of phenolic OH excluding ortho intramolecular Hbond substituents is 1. The molecule has 1 aromatic rings. The minimum Gasteiger partial charge on any atom is -0.659 e. The van der Waals surface area contributed by atoms with Gasteiger partial charge in [-0.05, 0) is 35.4 Å². The average Bonchev–Trinajstić information content (AvgIpc) is 2.72. The van der Waals surface area contributed by atoms with Crippen LogP contribution in [-0.2, 0) is 25.8 Å². The Morgan fingerprint density at radius 2 is 1.77 bits per heavy atom. The number of benzene rings is 1. The van der Waals surface area contributed by atoms with Crippen LogP contribution in [0, 0.1) is 11.8 Å². The first-order valence-corrected chi connectivity index (χ1v) is 10.8. The fourth-order valence-corrected chi connectivity index (χ4v) is 2.87. The number of hydrogen-bond acceptors (Lipinski definition) is 5. The van der Waals surface area contributed by atoms with Crippen LogP contribution in [0.15, 0.2) is 48.2 Å². The Labute approximate surface area is 202 Å². The van der Waals surface area contributed by atoms with Crippen molar-refractivity contribution in [3.8, 4) is 5.75 Å². The van der Waals surface area contributed by atoms with Crippen molar-refractivity contribution >= 4 is 0 Å². The zero-order chi connectivity index (χ0) is 22.4. The Bertz CT molecular complexity index is 627. The monoisotopic (exact) mass is 602 g/mol. The molecular formula is C24H40N3O3W-. The Morgan fingerprint density at radius 1 is 1.16 bits per heavy atom. The predicted molar refractivity (Wildman–Crippen MR) is 125 cm³/mol. The van der Waals surface area contributed by atoms with E-state index in [0.29, 0.717) is 18.4 Å². The molecule has 1 aromatic carbocycles. The summed E-state index contributed by atoms with van der Waals surface area (Å²) in [7, 11) is 0. The van der Waals surface area contributed by atoms with Gasteiger partial charge < -0.3 is 26.0 Å². The van der Waals surface area contributed by atoms with Gasteiger partial charge in [-0.3, -0.25) is 4.90 Å². The van der Waals surface area contributed by atoms with Crippen molar-refractivity contribution in [2.75, 3.05) is 45.9 Å². The van der Waals surface area contributed by atoms with E-state index in [4.69, 9.17) is 15.6 Å². The first kappa shape index (κ1) is 29.8. The number of aliphatic hydroxyl groups excluding tert-OH is 1. The maximum Gasteiger partial charge on any atom is 0.115 e. The number of β-amino-alcohol motifs (C(OH)–C–C–N with tert-alkyl or cyclic N) is 1. The second-order valence-electron chi connectivity index (χ2n) is 8.23. The molecule has 7 heteroatoms. The van der Waals surface area contributed by atoms with E-state index in [0.717, 1.165) is 45.0 Å². The number of allylic oxidation sites excluding steroid dienone is 2. The summed E-state index contributed by atoms with van der Waals surface area (Å²) in [5, 5.41) is 23.5. The van der Waals surface area contributed by atoms with Gasteiger partial charge in [0.05, 0.1) is 19.3 Å². The molecule has 1 fully saturated rings. The van der Waals surface area contributed by atoms with Gasteiger partial charge in [-0.1, -0.05) is 51.8 Å². The van der Waals surface area contributed by atoms with Crippen molar-refractivity contribution in [1.82, 2.24) is 4.90 Å². The minimum absolute atomic E-state index is 0. The number of hydrogen-bond donors (Lipinski definition) is 3. The fraction of sp³-hybridized carbons (Fsp3) is 0.583. The number of ether oxygens (including phenoxy) is 1. The molecular weight excluding hydrogens is 562 g/mol. The van der Waals surface area contributed by atoms with E-state index in [2.05, 4.69) is 50.1 Å². The Balaban J connectivity index is 0.000000569. The number of rotatable bonds is 9. The molecule has 1 saturated heterocycles. The molecule has 0 spiro atoms. The predicted octanol–water partition coefficient (Wildman–Crippen LogP) is 3.83. The van der Waals surface area contributed by atoms with Crippen LogP contribution in [0.4, 0.5) is 0 Å². The standard InChI is InChI=1S/C12H23N2.C12H17NO3.W/c1-10(2)9-14-7-5-6-12(8-13)11(3)4;14-11-3-1-10(2-4-11)12(15)9-13-5-7-16-8-6-13;/h5-6,8,10-11H,7,9,13H2,1-4H3;1-4,12,14-15H,5-9H2;/q-1;;/b6-5-,12-8+;;. The molecule has 0 aliphatic carbocycles. The zero-order valence-electron chi connectivity index (χ0n) is 19.4. The molecule has 6 nitrogen and oxygen atoms in total. The van der Waals surface area contributed by atoms with E-state index in [1.165, 1.54) is 5.57 Å². The third-order valence-electron chi connectivity index (χ3n) is 4.71. The van der Waals surface area contributed by atoms with Crippen molar-refractivity contribution in [2.24, 2.45) is 17.6 Å². The smallest absolute Gasteiger partial charge is 0.115 e. The van der Waals surface area contributed by atoms with E-state index >= 15 is 0 Å². The summed E-state index contributed by atoms with van der Waals surface area (Å²) >= 11 is 0. The van der Waals surface area contributed by atoms with Crippen molar-refractivity contribution < 1.29 is 36.0 Å². The van der Waals surface area contributed by atoms with Crippen LogP contribution in [0.1, 0.15) is 39.4 Å². The molecule has 176 valence electrons. The van der Waals surface area contributed by atoms with Gasteiger partial charge in [-0.25, -0.2) is 0 Å². The van der Waals surface area contributed by atoms with Crippen LogP contribution in [0.5, 0.6) is 5.75 Å². The van der Waals surface area contributed by atoms with Crippen molar-refractivity contribution in [1.29, 1.82) is 0 Å². The van der Waals surface area contributed by atoms with Crippen molar-refractivity contribution in [2.45, 2.75) is 33.8 Å². The van der Waals surface area contributed by atoms with Gasteiger partial charge in [-0.15, -0.1) is 19.2 Å². The summed E-state index contributed by atoms with van der Waals surface area (Å²) in [5.41, 5.74) is 7.50. The Morgan fingerprint density at radius 3 is 2.29 bits per heavy atom. The molecule has 2 rings (SSSR count). The topological polar surface area (TPSA) is 93.1 Å². The van der Waals surface area contributed by atoms with E-state index < -0.39 is 6.10 Å². The number of phenols is 1. The second kappa shape index (κ2) is 17.4. The van der Waals surface area contributed by atoms with Gasteiger partial charge in [0.15, 0.2) is 0 Å². The van der Waals surface area contributed by atoms with Crippen LogP contribution in [0.2, 0.25) is 0 Å². The third kappa shape index (κ3) is 13.8. The van der Waals surface area contributed by atoms with Gasteiger partial charge in [0, 0.05) is 40.7 Å². The SMILES string of the molecule is CC(C)C[N-]C/C=C\C(=C/N)C(C)C.Oc1ccc(C(O)CN2CCOCC2)cc1.[W]. The molecule has 31 heavy (non-hydrogen) atoms. The van der Waals surface area contributed by atoms with E-state index in [9.17, 15) is 5.11 Å². The van der Waals surface area contributed by atoms with Gasteiger partial charge >= 0.3 is 0 Å². The number of aromatic hydroxyl groups is 1. The molecule has 0 saturated carbocycles. The Hall–Kier alpha value is -1.17. The molecule has 1 unspecified atom stereocenters. The number of morpholine rings is 1. The van der Waals surface area contributed by atoms with Crippen LogP contribution in [0.3, 0.4) is 0 Å². The minimum atomic E-state index is -0.501. The van der Waals surface area contributed by atoms with Crippen molar-refractivity contribution in [3.05, 3.63) is 59.1 Å². The average molecular weight is 602 g/mol. The number of nitrogens with two attached hydrogens (primary N) is 1. The van der Waals surface area contributed by atoms with Gasteiger partial charge in [-0.2, -0.15) is 0 Å². The third-order valence-corrected chi connectivity index (χ3v) is 4.71. The fourth-order valence-electron chi connectivity index (χ4n) is 2.87. The summed E-state index contributed by atoms with van der Waals surface area (Å²) < 4.78 is 5.25. The van der Waals surface area contributed by atoms with Crippen LogP contribution in [-0.4, -0.2) is 61.1 Å². The molecule has 0 aromatic heterocycles. The van der Waals surface area contributed by atoms with Gasteiger partial charge in [0.25, 0.3) is 0 Å². The first-order chi connectivity index (χ1) is 14.3. The molecule has 0 radical (unpaired) electrons. The Kier molecular flexibility index (Phi) is 16.7. The molecule has 1 atom stereocenters. The van der Waals surface area contributed by atoms with Crippen molar-refractivity contribution in [3.63, 3.8) is 0 Å². The van der Waals surface area contributed by atoms with Crippen LogP contribution < -0.4 is 5.73 Å². The summed E-state index contributed by atoms with van der Waals surface area (Å²) in [4.78, 5) is 2.18. The normalized spacial score (nSPS) is 16.2. The summed E-state index contributed by atoms with van der Waals surface area (Å²) in [6.45, 7) is 14.2. The molecule has 1 aliphatic heterocycles. The van der Waals surface area contributed by atoms with Crippen LogP contribution >= 0.6 is 0 Å². The van der Waals surface area contributed by atoms with E-state index in [1.807, 2.05) is 0 Å². The molecule has 1 aliphatic rings. The zero-order valence-corrected chi connectivity index (χ0v) is 22.3. The molecule has 1 heterocycles. The maximum atomic E-state index is 10.00. The molecule has 4 N–H and O–H groups in total. The van der Waals surface area contributed by atoms with Gasteiger partial charge in [0.1, 0.15) is 5.75 Å². The summed E-state index contributed by atoms with van der Waals surface area (Å²) in [6, 6.07) is 6.69. The van der Waals surface area contributed by atoms with E-state index in [1.54, 1.807) is 30.5 Å². The second-order valence-corrected chi connectivity index (χ2v) is 8.23. The van der Waals surface area contributed by atoms with Gasteiger partial charge in [0.2, 0.25) is 0 Å². The molecule has 0 amide bonds.